The topological polar surface area (TPSA) is 78.5 Å². The summed E-state index contributed by atoms with van der Waals surface area (Å²) in [6, 6.07) is 9.72. The van der Waals surface area contributed by atoms with Crippen molar-refractivity contribution in [1.29, 1.82) is 5.26 Å². The van der Waals surface area contributed by atoms with Gasteiger partial charge in [0.05, 0.1) is 11.6 Å². The summed E-state index contributed by atoms with van der Waals surface area (Å²) in [7, 11) is 0. The van der Waals surface area contributed by atoms with Crippen LogP contribution in [-0.4, -0.2) is 16.5 Å². The maximum absolute atomic E-state index is 8.75. The molecule has 0 saturated carbocycles. The molecule has 1 heterocycles. The number of imidazole rings is 1. The fourth-order valence-corrected chi connectivity index (χ4v) is 1.97. The van der Waals surface area contributed by atoms with Crippen molar-refractivity contribution in [2.24, 2.45) is 5.73 Å². The highest BCUT2D eigenvalue weighted by Crippen LogP contribution is 2.09. The van der Waals surface area contributed by atoms with Gasteiger partial charge in [-0.3, -0.25) is 0 Å². The molecule has 3 N–H and O–H groups in total. The van der Waals surface area contributed by atoms with Crippen LogP contribution in [0.2, 0.25) is 0 Å². The lowest BCUT2D eigenvalue weighted by atomic mass is 10.1. The van der Waals surface area contributed by atoms with Crippen molar-refractivity contribution in [3.8, 4) is 6.07 Å². The average Bonchev–Trinajstić information content (AvgIpc) is 2.88. The number of hydrogen-bond acceptors (Lipinski definition) is 3. The Hall–Kier alpha value is -2.12. The van der Waals surface area contributed by atoms with E-state index < -0.39 is 0 Å². The molecule has 1 aromatic carbocycles. The van der Waals surface area contributed by atoms with Crippen LogP contribution >= 0.6 is 0 Å². The Bertz CT molecular complexity index is 548. The minimum Gasteiger partial charge on any atom is -0.346 e. The molecule has 4 heteroatoms. The first-order valence-corrected chi connectivity index (χ1v) is 6.53. The highest BCUT2D eigenvalue weighted by atomic mass is 14.9. The van der Waals surface area contributed by atoms with Crippen LogP contribution in [0.4, 0.5) is 0 Å². The van der Waals surface area contributed by atoms with Crippen LogP contribution in [0.1, 0.15) is 35.5 Å². The molecule has 0 bridgehead atoms. The highest BCUT2D eigenvalue weighted by Gasteiger charge is 2.02. The molecule has 0 amide bonds. The van der Waals surface area contributed by atoms with Crippen molar-refractivity contribution in [3.05, 3.63) is 53.1 Å². The zero-order valence-electron chi connectivity index (χ0n) is 10.9. The van der Waals surface area contributed by atoms with Crippen molar-refractivity contribution in [1.82, 2.24) is 9.97 Å². The lowest BCUT2D eigenvalue weighted by Gasteiger charge is -1.99. The first-order valence-electron chi connectivity index (χ1n) is 6.53. The molecule has 2 rings (SSSR count). The molecule has 0 radical (unpaired) electrons. The van der Waals surface area contributed by atoms with Gasteiger partial charge < -0.3 is 10.7 Å². The van der Waals surface area contributed by atoms with E-state index in [0.717, 1.165) is 49.3 Å². The molecule has 0 aliphatic carbocycles. The van der Waals surface area contributed by atoms with E-state index in [-0.39, 0.29) is 0 Å². The molecule has 0 saturated heterocycles. The van der Waals surface area contributed by atoms with Gasteiger partial charge in [-0.25, -0.2) is 4.98 Å². The molecule has 1 aromatic heterocycles. The van der Waals surface area contributed by atoms with Gasteiger partial charge in [0.15, 0.2) is 0 Å². The van der Waals surface area contributed by atoms with E-state index in [1.54, 1.807) is 0 Å². The number of benzene rings is 1. The minimum absolute atomic E-state index is 0.686. The summed E-state index contributed by atoms with van der Waals surface area (Å²) in [6.07, 6.45) is 5.80. The summed E-state index contributed by atoms with van der Waals surface area (Å²) in [5.41, 5.74) is 8.48. The second kappa shape index (κ2) is 6.72. The quantitative estimate of drug-likeness (QED) is 0.775. The van der Waals surface area contributed by atoms with Gasteiger partial charge in [-0.2, -0.15) is 5.26 Å². The zero-order valence-corrected chi connectivity index (χ0v) is 10.9. The summed E-state index contributed by atoms with van der Waals surface area (Å²) < 4.78 is 0. The number of nitrogens with zero attached hydrogens (tertiary/aromatic N) is 2. The molecule has 19 heavy (non-hydrogen) atoms. The second-order valence-electron chi connectivity index (χ2n) is 4.59. The van der Waals surface area contributed by atoms with E-state index in [0.29, 0.717) is 5.56 Å². The van der Waals surface area contributed by atoms with Crippen LogP contribution in [0.5, 0.6) is 0 Å². The maximum atomic E-state index is 8.75. The van der Waals surface area contributed by atoms with Crippen LogP contribution in [0.3, 0.4) is 0 Å². The lowest BCUT2D eigenvalue weighted by Crippen LogP contribution is -1.99. The number of nitrogens with two attached hydrogens (primary N) is 1. The molecular weight excluding hydrogens is 236 g/mol. The number of aromatic nitrogens is 2. The summed E-state index contributed by atoms with van der Waals surface area (Å²) in [5.74, 6) is 0.965. The van der Waals surface area contributed by atoms with Crippen LogP contribution in [0, 0.1) is 11.3 Å². The number of rotatable bonds is 6. The van der Waals surface area contributed by atoms with Gasteiger partial charge in [-0.05, 0) is 43.5 Å². The molecule has 0 fully saturated rings. The molecule has 98 valence electrons. The van der Waals surface area contributed by atoms with Gasteiger partial charge in [0.25, 0.3) is 0 Å². The zero-order chi connectivity index (χ0) is 13.5. The van der Waals surface area contributed by atoms with Gasteiger partial charge in [0, 0.05) is 18.3 Å². The Morgan fingerprint density at radius 2 is 2.00 bits per heavy atom. The standard InChI is InChI=1S/C15H18N4/c16-8-2-1-3-14-11-18-15(19-14)9-12-4-6-13(10-17)7-5-12/h4-7,11H,1-3,8-9,16H2,(H,18,19). The first kappa shape index (κ1) is 13.3. The van der Waals surface area contributed by atoms with Crippen LogP contribution in [-0.2, 0) is 12.8 Å². The lowest BCUT2D eigenvalue weighted by molar-refractivity contribution is 0.734. The molecular formula is C15H18N4. The Labute approximate surface area is 113 Å². The Morgan fingerprint density at radius 3 is 2.68 bits per heavy atom. The molecule has 2 aromatic rings. The van der Waals surface area contributed by atoms with Crippen molar-refractivity contribution in [2.45, 2.75) is 25.7 Å². The summed E-state index contributed by atoms with van der Waals surface area (Å²) in [5, 5.41) is 8.75. The normalized spacial score (nSPS) is 10.3. The molecule has 0 unspecified atom stereocenters. The SMILES string of the molecule is N#Cc1ccc(Cc2ncc(CCCCN)[nH]2)cc1. The van der Waals surface area contributed by atoms with Gasteiger partial charge in [-0.1, -0.05) is 12.1 Å². The molecule has 0 spiro atoms. The van der Waals surface area contributed by atoms with E-state index in [1.165, 1.54) is 0 Å². The van der Waals surface area contributed by atoms with E-state index in [9.17, 15) is 0 Å². The van der Waals surface area contributed by atoms with Gasteiger partial charge >= 0.3 is 0 Å². The third-order valence-corrected chi connectivity index (χ3v) is 3.04. The van der Waals surface area contributed by atoms with E-state index in [4.69, 9.17) is 11.0 Å². The first-order chi connectivity index (χ1) is 9.31. The third kappa shape index (κ3) is 3.94. The average molecular weight is 254 g/mol. The van der Waals surface area contributed by atoms with Crippen molar-refractivity contribution >= 4 is 0 Å². The Balaban J connectivity index is 1.93. The number of H-pyrrole nitrogens is 1. The maximum Gasteiger partial charge on any atom is 0.110 e. The number of unbranched alkanes of at least 4 members (excludes halogenated alkanes) is 1. The second-order valence-corrected chi connectivity index (χ2v) is 4.59. The van der Waals surface area contributed by atoms with Crippen LogP contribution in [0.15, 0.2) is 30.5 Å². The molecule has 0 aliphatic rings. The summed E-state index contributed by atoms with van der Waals surface area (Å²) >= 11 is 0. The van der Waals surface area contributed by atoms with E-state index >= 15 is 0 Å². The smallest absolute Gasteiger partial charge is 0.110 e. The Morgan fingerprint density at radius 1 is 1.21 bits per heavy atom. The monoisotopic (exact) mass is 254 g/mol. The molecule has 4 nitrogen and oxygen atoms in total. The minimum atomic E-state index is 0.686. The van der Waals surface area contributed by atoms with Crippen molar-refractivity contribution < 1.29 is 0 Å². The number of aromatic amines is 1. The number of hydrogen-bond donors (Lipinski definition) is 2. The van der Waals surface area contributed by atoms with Gasteiger partial charge in [-0.15, -0.1) is 0 Å². The number of nitriles is 1. The van der Waals surface area contributed by atoms with Gasteiger partial charge in [0.1, 0.15) is 5.82 Å². The molecule has 0 aliphatic heterocycles. The number of aryl methyl sites for hydroxylation is 1. The summed E-state index contributed by atoms with van der Waals surface area (Å²) in [6.45, 7) is 0.742. The van der Waals surface area contributed by atoms with Crippen LogP contribution < -0.4 is 5.73 Å². The largest absolute Gasteiger partial charge is 0.346 e. The van der Waals surface area contributed by atoms with E-state index in [1.807, 2.05) is 30.5 Å². The Kier molecular flexibility index (Phi) is 4.71. The van der Waals surface area contributed by atoms with Crippen LogP contribution in [0.25, 0.3) is 0 Å². The third-order valence-electron chi connectivity index (χ3n) is 3.04. The van der Waals surface area contributed by atoms with Gasteiger partial charge in [0.2, 0.25) is 0 Å². The predicted octanol–water partition coefficient (Wildman–Crippen LogP) is 2.15. The fourth-order valence-electron chi connectivity index (χ4n) is 1.97. The molecule has 0 atom stereocenters. The summed E-state index contributed by atoms with van der Waals surface area (Å²) in [4.78, 5) is 7.71. The number of nitrogens with one attached hydrogen (secondary N) is 1. The van der Waals surface area contributed by atoms with Crippen molar-refractivity contribution in [3.63, 3.8) is 0 Å². The van der Waals surface area contributed by atoms with E-state index in [2.05, 4.69) is 16.0 Å². The predicted molar refractivity (Wildman–Crippen MR) is 74.5 cm³/mol. The highest BCUT2D eigenvalue weighted by molar-refractivity contribution is 5.32. The van der Waals surface area contributed by atoms with Crippen molar-refractivity contribution in [2.75, 3.05) is 6.54 Å². The fraction of sp³-hybridized carbons (Fsp3) is 0.333.